The van der Waals surface area contributed by atoms with Gasteiger partial charge in [-0.2, -0.15) is 0 Å². The van der Waals surface area contributed by atoms with Gasteiger partial charge in [0.15, 0.2) is 0 Å². The molecular weight excluding hydrogens is 212 g/mol. The fourth-order valence-corrected chi connectivity index (χ4v) is 1.85. The van der Waals surface area contributed by atoms with Gasteiger partial charge in [0.2, 0.25) is 0 Å². The number of nitrogens with one attached hydrogen (secondary N) is 1. The van der Waals surface area contributed by atoms with E-state index in [2.05, 4.69) is 47.8 Å². The molecule has 0 saturated heterocycles. The lowest BCUT2D eigenvalue weighted by Gasteiger charge is -2.20. The van der Waals surface area contributed by atoms with Gasteiger partial charge in [-0.15, -0.1) is 0 Å². The summed E-state index contributed by atoms with van der Waals surface area (Å²) in [6.07, 6.45) is 7.24. The Balaban J connectivity index is 2.47. The third-order valence-electron chi connectivity index (χ3n) is 2.96. The molecule has 1 aromatic rings. The van der Waals surface area contributed by atoms with Gasteiger partial charge >= 0.3 is 0 Å². The van der Waals surface area contributed by atoms with Crippen LogP contribution in [-0.4, -0.2) is 47.7 Å². The zero-order chi connectivity index (χ0) is 12.7. The Morgan fingerprint density at radius 3 is 2.76 bits per heavy atom. The average Bonchev–Trinajstić information content (AvgIpc) is 2.68. The van der Waals surface area contributed by atoms with Gasteiger partial charge in [-0.25, -0.2) is 4.98 Å². The second kappa shape index (κ2) is 7.45. The third-order valence-corrected chi connectivity index (χ3v) is 2.96. The van der Waals surface area contributed by atoms with E-state index in [1.165, 1.54) is 12.8 Å². The molecule has 0 aromatic carbocycles. The molecule has 0 fully saturated rings. The molecule has 0 aliphatic heterocycles. The van der Waals surface area contributed by atoms with E-state index in [1.807, 2.05) is 12.4 Å². The molecule has 98 valence electrons. The topological polar surface area (TPSA) is 33.1 Å². The normalized spacial score (nSPS) is 13.2. The fraction of sp³-hybridized carbons (Fsp3) is 0.769. The van der Waals surface area contributed by atoms with Gasteiger partial charge in [-0.3, -0.25) is 0 Å². The van der Waals surface area contributed by atoms with Crippen molar-refractivity contribution in [2.45, 2.75) is 32.2 Å². The van der Waals surface area contributed by atoms with Crippen LogP contribution in [0, 0.1) is 0 Å². The first-order chi connectivity index (χ1) is 8.13. The van der Waals surface area contributed by atoms with Crippen molar-refractivity contribution in [1.82, 2.24) is 19.8 Å². The molecule has 1 rings (SSSR count). The number of hydrogen-bond donors (Lipinski definition) is 1. The second-order valence-corrected chi connectivity index (χ2v) is 4.90. The lowest BCUT2D eigenvalue weighted by molar-refractivity contribution is 0.353. The van der Waals surface area contributed by atoms with E-state index < -0.39 is 0 Å². The molecule has 4 nitrogen and oxygen atoms in total. The molecule has 1 aromatic heterocycles. The minimum atomic E-state index is 0.526. The highest BCUT2D eigenvalue weighted by atomic mass is 15.1. The smallest absolute Gasteiger partial charge is 0.109 e. The van der Waals surface area contributed by atoms with Gasteiger partial charge in [-0.1, -0.05) is 6.92 Å². The molecule has 0 aliphatic rings. The van der Waals surface area contributed by atoms with Crippen LogP contribution >= 0.6 is 0 Å². The predicted octanol–water partition coefficient (Wildman–Crippen LogP) is 1.28. The number of aryl methyl sites for hydroxylation is 1. The summed E-state index contributed by atoms with van der Waals surface area (Å²) in [6.45, 7) is 4.41. The van der Waals surface area contributed by atoms with Gasteiger partial charge in [0.05, 0.1) is 0 Å². The molecule has 0 bridgehead atoms. The Bertz CT molecular complexity index is 306. The van der Waals surface area contributed by atoms with Crippen molar-refractivity contribution in [1.29, 1.82) is 0 Å². The molecule has 4 heteroatoms. The van der Waals surface area contributed by atoms with E-state index in [0.29, 0.717) is 6.04 Å². The summed E-state index contributed by atoms with van der Waals surface area (Å²) < 4.78 is 2.11. The Morgan fingerprint density at radius 1 is 1.47 bits per heavy atom. The molecular formula is C13H26N4. The maximum absolute atomic E-state index is 4.40. The van der Waals surface area contributed by atoms with Crippen molar-refractivity contribution in [3.63, 3.8) is 0 Å². The Morgan fingerprint density at radius 2 is 2.24 bits per heavy atom. The maximum Gasteiger partial charge on any atom is 0.109 e. The lowest BCUT2D eigenvalue weighted by atomic mass is 10.1. The van der Waals surface area contributed by atoms with Crippen LogP contribution in [0.1, 0.15) is 25.6 Å². The maximum atomic E-state index is 4.40. The van der Waals surface area contributed by atoms with Crippen molar-refractivity contribution < 1.29 is 0 Å². The molecule has 1 heterocycles. The number of nitrogens with zero attached hydrogens (tertiary/aromatic N) is 3. The first kappa shape index (κ1) is 14.2. The summed E-state index contributed by atoms with van der Waals surface area (Å²) >= 11 is 0. The monoisotopic (exact) mass is 238 g/mol. The zero-order valence-corrected chi connectivity index (χ0v) is 11.6. The van der Waals surface area contributed by atoms with Crippen molar-refractivity contribution in [3.8, 4) is 0 Å². The quantitative estimate of drug-likeness (QED) is 0.741. The van der Waals surface area contributed by atoms with Crippen molar-refractivity contribution in [3.05, 3.63) is 18.2 Å². The van der Waals surface area contributed by atoms with E-state index in [0.717, 1.165) is 25.3 Å². The molecule has 1 atom stereocenters. The van der Waals surface area contributed by atoms with Gasteiger partial charge in [-0.05, 0) is 40.0 Å². The van der Waals surface area contributed by atoms with E-state index >= 15 is 0 Å². The van der Waals surface area contributed by atoms with Gasteiger partial charge < -0.3 is 14.8 Å². The second-order valence-electron chi connectivity index (χ2n) is 4.90. The highest BCUT2D eigenvalue weighted by molar-refractivity contribution is 4.94. The Hall–Kier alpha value is -0.870. The summed E-state index contributed by atoms with van der Waals surface area (Å²) in [6, 6.07) is 0.526. The zero-order valence-electron chi connectivity index (χ0n) is 11.6. The van der Waals surface area contributed by atoms with E-state index in [4.69, 9.17) is 0 Å². The Kier molecular flexibility index (Phi) is 6.22. The van der Waals surface area contributed by atoms with Crippen LogP contribution in [-0.2, 0) is 13.5 Å². The van der Waals surface area contributed by atoms with E-state index in [9.17, 15) is 0 Å². The van der Waals surface area contributed by atoms with E-state index in [-0.39, 0.29) is 0 Å². The highest BCUT2D eigenvalue weighted by Crippen LogP contribution is 2.04. The molecule has 0 radical (unpaired) electrons. The molecule has 0 saturated carbocycles. The van der Waals surface area contributed by atoms with Gasteiger partial charge in [0.1, 0.15) is 5.82 Å². The summed E-state index contributed by atoms with van der Waals surface area (Å²) in [4.78, 5) is 6.64. The number of imidazole rings is 1. The van der Waals surface area contributed by atoms with Crippen LogP contribution in [0.5, 0.6) is 0 Å². The lowest BCUT2D eigenvalue weighted by Crippen LogP contribution is -2.35. The summed E-state index contributed by atoms with van der Waals surface area (Å²) in [7, 11) is 6.31. The largest absolute Gasteiger partial charge is 0.338 e. The SMILES string of the molecule is CCCNC(CCN(C)C)Cc1nccn1C. The fourth-order valence-electron chi connectivity index (χ4n) is 1.85. The highest BCUT2D eigenvalue weighted by Gasteiger charge is 2.11. The molecule has 1 unspecified atom stereocenters. The molecule has 1 N–H and O–H groups in total. The van der Waals surface area contributed by atoms with Crippen molar-refractivity contribution in [2.24, 2.45) is 7.05 Å². The van der Waals surface area contributed by atoms with Gasteiger partial charge in [0, 0.05) is 31.9 Å². The summed E-state index contributed by atoms with van der Waals surface area (Å²) in [5, 5.41) is 3.61. The van der Waals surface area contributed by atoms with Crippen LogP contribution in [0.25, 0.3) is 0 Å². The number of rotatable bonds is 8. The first-order valence-corrected chi connectivity index (χ1v) is 6.47. The minimum absolute atomic E-state index is 0.526. The minimum Gasteiger partial charge on any atom is -0.338 e. The number of aromatic nitrogens is 2. The standard InChI is InChI=1S/C13H26N4/c1-5-7-14-12(6-9-16(2)3)11-13-15-8-10-17(13)4/h8,10,12,14H,5-7,9,11H2,1-4H3. The van der Waals surface area contributed by atoms with Crippen LogP contribution in [0.2, 0.25) is 0 Å². The third kappa shape index (κ3) is 5.33. The molecule has 17 heavy (non-hydrogen) atoms. The molecule has 0 aliphatic carbocycles. The van der Waals surface area contributed by atoms with Crippen LogP contribution in [0.3, 0.4) is 0 Å². The summed E-state index contributed by atoms with van der Waals surface area (Å²) in [5.74, 6) is 1.16. The first-order valence-electron chi connectivity index (χ1n) is 6.47. The summed E-state index contributed by atoms with van der Waals surface area (Å²) in [5.41, 5.74) is 0. The molecule has 0 amide bonds. The molecule has 0 spiro atoms. The average molecular weight is 238 g/mol. The van der Waals surface area contributed by atoms with Crippen LogP contribution in [0.4, 0.5) is 0 Å². The van der Waals surface area contributed by atoms with Crippen LogP contribution < -0.4 is 5.32 Å². The van der Waals surface area contributed by atoms with E-state index in [1.54, 1.807) is 0 Å². The number of hydrogen-bond acceptors (Lipinski definition) is 3. The van der Waals surface area contributed by atoms with Gasteiger partial charge in [0.25, 0.3) is 0 Å². The van der Waals surface area contributed by atoms with Crippen molar-refractivity contribution in [2.75, 3.05) is 27.2 Å². The predicted molar refractivity (Wildman–Crippen MR) is 72.2 cm³/mol. The van der Waals surface area contributed by atoms with Crippen molar-refractivity contribution >= 4 is 0 Å². The Labute approximate surface area is 105 Å². The van der Waals surface area contributed by atoms with Crippen LogP contribution in [0.15, 0.2) is 12.4 Å².